The normalized spacial score (nSPS) is 11.8. The maximum atomic E-state index is 14.7. The number of ketones is 1. The fourth-order valence-electron chi connectivity index (χ4n) is 7.81. The molecule has 1 aliphatic carbocycles. The molecule has 0 aliphatic heterocycles. The average Bonchev–Trinajstić information content (AvgIpc) is 3.22. The highest BCUT2D eigenvalue weighted by molar-refractivity contribution is 7.94. The van der Waals surface area contributed by atoms with Gasteiger partial charge in [0.15, 0.2) is 5.78 Å². The molecule has 2 heterocycles. The van der Waals surface area contributed by atoms with Crippen LogP contribution in [0.1, 0.15) is 43.0 Å². The number of carbonyl (C=O) groups is 2. The van der Waals surface area contributed by atoms with Crippen LogP contribution in [-0.4, -0.2) is 59.7 Å². The van der Waals surface area contributed by atoms with Crippen LogP contribution in [0.15, 0.2) is 99.5 Å². The van der Waals surface area contributed by atoms with Crippen molar-refractivity contribution in [2.45, 2.75) is 30.6 Å². The summed E-state index contributed by atoms with van der Waals surface area (Å²) in [4.78, 5) is 56.7. The van der Waals surface area contributed by atoms with E-state index in [-0.39, 0.29) is 84.6 Å². The number of rotatable bonds is 12. The van der Waals surface area contributed by atoms with E-state index in [0.29, 0.717) is 33.8 Å². The molecular formula is C42H30N8O11S2. The summed E-state index contributed by atoms with van der Waals surface area (Å²) in [5, 5.41) is 42.0. The first-order chi connectivity index (χ1) is 30.1. The number of carboxylic acids is 1. The Kier molecular flexibility index (Phi) is 10.9. The number of aromatic carboxylic acids is 1. The quantitative estimate of drug-likeness (QED) is 0.0200. The molecule has 21 heteroatoms. The average molecular weight is 887 g/mol. The van der Waals surface area contributed by atoms with E-state index in [2.05, 4.69) is 40.8 Å². The molecule has 0 unspecified atom stereocenters. The van der Waals surface area contributed by atoms with E-state index < -0.39 is 38.3 Å². The number of nitrogens with one attached hydrogen (secondary N) is 3. The van der Waals surface area contributed by atoms with Crippen molar-refractivity contribution in [1.82, 2.24) is 19.5 Å². The van der Waals surface area contributed by atoms with E-state index in [1.54, 1.807) is 55.5 Å². The Morgan fingerprint density at radius 1 is 0.825 bits per heavy atom. The van der Waals surface area contributed by atoms with Crippen LogP contribution in [-0.2, 0) is 19.5 Å². The summed E-state index contributed by atoms with van der Waals surface area (Å²) in [7, 11) is -4.78. The second-order valence-corrected chi connectivity index (χ2v) is 16.1. The van der Waals surface area contributed by atoms with Crippen LogP contribution >= 0.6 is 12.0 Å². The van der Waals surface area contributed by atoms with Gasteiger partial charge in [0.2, 0.25) is 11.9 Å². The van der Waals surface area contributed by atoms with Crippen LogP contribution in [0.2, 0.25) is 0 Å². The van der Waals surface area contributed by atoms with Gasteiger partial charge in [-0.3, -0.25) is 18.7 Å². The number of aryl methyl sites for hydroxylation is 2. The summed E-state index contributed by atoms with van der Waals surface area (Å²) in [6.07, 6.45) is 0. The van der Waals surface area contributed by atoms with Gasteiger partial charge < -0.3 is 26.2 Å². The van der Waals surface area contributed by atoms with Gasteiger partial charge in [-0.15, -0.1) is 4.33 Å². The van der Waals surface area contributed by atoms with E-state index in [4.69, 9.17) is 16.2 Å². The van der Waals surface area contributed by atoms with Crippen molar-refractivity contribution in [2.75, 3.05) is 16.0 Å². The molecule has 0 atom stereocenters. The summed E-state index contributed by atoms with van der Waals surface area (Å²) >= 11 is 0.589. The molecule has 0 fully saturated rings. The summed E-state index contributed by atoms with van der Waals surface area (Å²) < 4.78 is 41.5. The molecule has 5 aromatic carbocycles. The fourth-order valence-corrected chi connectivity index (χ4v) is 9.19. The van der Waals surface area contributed by atoms with E-state index in [9.17, 15) is 37.6 Å². The number of pyridine rings is 1. The van der Waals surface area contributed by atoms with Gasteiger partial charge in [0.25, 0.3) is 21.4 Å². The fraction of sp³-hybridized carbons (Fsp3) is 0.0714. The zero-order valence-corrected chi connectivity index (χ0v) is 34.4. The lowest BCUT2D eigenvalue weighted by Crippen LogP contribution is -2.24. The third-order valence-electron chi connectivity index (χ3n) is 10.1. The lowest BCUT2D eigenvalue weighted by Gasteiger charge is -2.27. The summed E-state index contributed by atoms with van der Waals surface area (Å²) in [5.74, 6) is -2.05. The van der Waals surface area contributed by atoms with Gasteiger partial charge in [-0.1, -0.05) is 47.5 Å². The Hall–Kier alpha value is -7.71. The zero-order chi connectivity index (χ0) is 44.9. The Balaban J connectivity index is 1.30. The number of aromatic nitrogens is 4. The van der Waals surface area contributed by atoms with Crippen molar-refractivity contribution in [3.05, 3.63) is 140 Å². The van der Waals surface area contributed by atoms with Crippen molar-refractivity contribution in [3.63, 3.8) is 0 Å². The molecule has 0 saturated carbocycles. The molecule has 7 N–H and O–H groups in total. The van der Waals surface area contributed by atoms with Crippen LogP contribution in [0.3, 0.4) is 0 Å². The standard InChI is InChI=1S/C42H30N8O11S2/c1-19-17-20(2)37(63(57,58)59)21(3)35(19)50-29-15-14-27(32-33(29)31(34(43-4)38(50)52)23-9-5-6-10-24(23)36(32)51)45-28-18-22(13-16-30(28)62-61-60-56)44-40-47-41(49-42(55)48-40)46-26-12-8-7-11-25(26)39(53)54/h5-18,45,56H,1-3H3,(H,53,54)(H,57,58,59)(H3,44,46,47,48,49,55). The second-order valence-electron chi connectivity index (χ2n) is 14.0. The highest BCUT2D eigenvalue weighted by Crippen LogP contribution is 2.47. The molecule has 7 aromatic rings. The minimum Gasteiger partial charge on any atom is -0.479 e. The number of hydrogen-bond donors (Lipinski definition) is 7. The molecule has 0 bridgehead atoms. The van der Waals surface area contributed by atoms with Gasteiger partial charge >= 0.3 is 12.0 Å². The van der Waals surface area contributed by atoms with Crippen molar-refractivity contribution >= 4 is 85.1 Å². The van der Waals surface area contributed by atoms with E-state index >= 15 is 0 Å². The van der Waals surface area contributed by atoms with Crippen LogP contribution in [0, 0.1) is 27.3 Å². The van der Waals surface area contributed by atoms with Crippen LogP contribution < -0.4 is 21.5 Å². The minimum absolute atomic E-state index is 0.0469. The summed E-state index contributed by atoms with van der Waals surface area (Å²) in [6.45, 7) is 12.8. The molecule has 8 rings (SSSR count). The molecule has 19 nitrogen and oxygen atoms in total. The monoisotopic (exact) mass is 886 g/mol. The predicted octanol–water partition coefficient (Wildman–Crippen LogP) is 8.17. The predicted molar refractivity (Wildman–Crippen MR) is 231 cm³/mol. The van der Waals surface area contributed by atoms with E-state index in [0.717, 1.165) is 0 Å². The molecule has 0 radical (unpaired) electrons. The number of carbonyl (C=O) groups excluding carboxylic acids is 1. The number of para-hydroxylation sites is 1. The lowest BCUT2D eigenvalue weighted by molar-refractivity contribution is -0.432. The molecule has 2 aromatic heterocycles. The smallest absolute Gasteiger partial charge is 0.337 e. The third kappa shape index (κ3) is 7.54. The Morgan fingerprint density at radius 2 is 1.52 bits per heavy atom. The van der Waals surface area contributed by atoms with Gasteiger partial charge in [-0.05, 0) is 85.5 Å². The Bertz CT molecular complexity index is 3330. The number of carboxylic acid groups (broad SMARTS) is 1. The van der Waals surface area contributed by atoms with E-state index in [1.165, 1.54) is 54.8 Å². The number of anilines is 6. The van der Waals surface area contributed by atoms with Gasteiger partial charge in [-0.25, -0.2) is 14.9 Å². The van der Waals surface area contributed by atoms with Crippen molar-refractivity contribution in [3.8, 4) is 22.8 Å². The summed E-state index contributed by atoms with van der Waals surface area (Å²) in [6, 6.07) is 21.0. The number of aromatic hydroxyl groups is 1. The molecule has 0 saturated heterocycles. The maximum absolute atomic E-state index is 14.7. The minimum atomic E-state index is -4.78. The number of fused-ring (bicyclic) bond motifs is 2. The molecule has 0 spiro atoms. The molecule has 1 aliphatic rings. The first kappa shape index (κ1) is 42.0. The van der Waals surface area contributed by atoms with Crippen molar-refractivity contribution in [2.24, 2.45) is 0 Å². The Labute approximate surface area is 360 Å². The topological polar surface area (TPSA) is 269 Å². The van der Waals surface area contributed by atoms with Gasteiger partial charge in [-0.2, -0.15) is 23.4 Å². The van der Waals surface area contributed by atoms with Crippen LogP contribution in [0.5, 0.6) is 6.01 Å². The van der Waals surface area contributed by atoms with E-state index in [1.807, 2.05) is 0 Å². The lowest BCUT2D eigenvalue weighted by atomic mass is 9.82. The van der Waals surface area contributed by atoms with Crippen LogP contribution in [0.25, 0.3) is 32.6 Å². The summed E-state index contributed by atoms with van der Waals surface area (Å²) in [5.41, 5.74) is 1.41. The largest absolute Gasteiger partial charge is 0.479 e. The number of benzene rings is 5. The van der Waals surface area contributed by atoms with Crippen LogP contribution in [0.4, 0.5) is 40.3 Å². The Morgan fingerprint density at radius 3 is 2.22 bits per heavy atom. The number of hydrogen-bond acceptors (Lipinski definition) is 16. The van der Waals surface area contributed by atoms with Gasteiger partial charge in [0.05, 0.1) is 62.9 Å². The first-order valence-electron chi connectivity index (χ1n) is 18.3. The molecule has 63 heavy (non-hydrogen) atoms. The van der Waals surface area contributed by atoms with Gasteiger partial charge in [0.1, 0.15) is 4.90 Å². The zero-order valence-electron chi connectivity index (χ0n) is 32.8. The molecule has 316 valence electrons. The molecule has 0 amide bonds. The van der Waals surface area contributed by atoms with Gasteiger partial charge in [0, 0.05) is 22.2 Å². The molecular weight excluding hydrogens is 857 g/mol. The SMILES string of the molecule is [C-]#[N+]c1c2c3c(c(Nc4cc(Nc5nc(O)nc(Nc6ccccc6C(=O)O)n5)ccc4SOOO)ccc3n(-c3c(C)cc(C)c(S(=O)(=O)O)c3C)c1=O)C(=O)c1ccccc1-2. The maximum Gasteiger partial charge on any atom is 0.337 e. The van der Waals surface area contributed by atoms with Crippen molar-refractivity contribution < 1.29 is 47.4 Å². The highest BCUT2D eigenvalue weighted by atomic mass is 32.2. The third-order valence-corrected chi connectivity index (χ3v) is 11.9. The number of nitrogens with zero attached hydrogens (tertiary/aromatic N) is 5. The van der Waals surface area contributed by atoms with Crippen molar-refractivity contribution in [1.29, 1.82) is 0 Å². The first-order valence-corrected chi connectivity index (χ1v) is 20.5. The highest BCUT2D eigenvalue weighted by Gasteiger charge is 2.34. The second kappa shape index (κ2) is 16.3.